The van der Waals surface area contributed by atoms with Crippen molar-refractivity contribution in [3.8, 4) is 11.1 Å². The van der Waals surface area contributed by atoms with Gasteiger partial charge in [-0.2, -0.15) is 0 Å². The normalized spacial score (nSPS) is 19.2. The Hall–Kier alpha value is -3.88. The quantitative estimate of drug-likeness (QED) is 0.353. The number of unbranched alkanes of at least 4 members (excludes halogenated alkanes) is 2. The number of rotatable bonds is 12. The Morgan fingerprint density at radius 1 is 0.791 bits per heavy atom. The van der Waals surface area contributed by atoms with Gasteiger partial charge in [0.1, 0.15) is 18.7 Å². The van der Waals surface area contributed by atoms with Gasteiger partial charge in [0.05, 0.1) is 0 Å². The molecule has 2 fully saturated rings. The molecule has 5 rings (SSSR count). The van der Waals surface area contributed by atoms with E-state index in [4.69, 9.17) is 4.74 Å². The number of hydrogen-bond acceptors (Lipinski definition) is 5. The first-order chi connectivity index (χ1) is 21.0. The first kappa shape index (κ1) is 30.6. The van der Waals surface area contributed by atoms with Gasteiger partial charge in [0.25, 0.3) is 0 Å². The highest BCUT2D eigenvalue weighted by Gasteiger charge is 2.43. The Bertz CT molecular complexity index is 1270. The number of amides is 4. The molecule has 230 valence electrons. The number of ether oxygens (including phenoxy) is 1. The molecule has 2 heterocycles. The molecule has 0 unspecified atom stereocenters. The van der Waals surface area contributed by atoms with E-state index in [1.807, 2.05) is 31.2 Å². The zero-order valence-electron chi connectivity index (χ0n) is 25.2. The highest BCUT2D eigenvalue weighted by atomic mass is 16.6. The Morgan fingerprint density at radius 2 is 1.44 bits per heavy atom. The fourth-order valence-corrected chi connectivity index (χ4v) is 6.68. The number of likely N-dealkylation sites (tertiary alicyclic amines) is 2. The first-order valence-corrected chi connectivity index (χ1v) is 16.0. The molecule has 0 bridgehead atoms. The van der Waals surface area contributed by atoms with Crippen LogP contribution < -0.4 is 10.6 Å². The molecular formula is C34H44N4O5. The van der Waals surface area contributed by atoms with E-state index in [0.29, 0.717) is 45.4 Å². The van der Waals surface area contributed by atoms with Crippen molar-refractivity contribution in [1.82, 2.24) is 20.4 Å². The summed E-state index contributed by atoms with van der Waals surface area (Å²) in [6.07, 6.45) is 6.04. The molecule has 0 radical (unpaired) electrons. The number of benzene rings is 2. The Balaban J connectivity index is 1.11. The van der Waals surface area contributed by atoms with Gasteiger partial charge in [0.2, 0.25) is 17.7 Å². The van der Waals surface area contributed by atoms with Gasteiger partial charge in [-0.05, 0) is 67.2 Å². The summed E-state index contributed by atoms with van der Waals surface area (Å²) in [5.74, 6) is -0.276. The summed E-state index contributed by atoms with van der Waals surface area (Å²) >= 11 is 0. The van der Waals surface area contributed by atoms with Gasteiger partial charge in [-0.3, -0.25) is 19.3 Å². The van der Waals surface area contributed by atoms with Crippen LogP contribution in [0.5, 0.6) is 0 Å². The fraction of sp³-hybridized carbons (Fsp3) is 0.529. The maximum Gasteiger partial charge on any atom is 0.410 e. The largest absolute Gasteiger partial charge is 0.448 e. The average molecular weight is 589 g/mol. The van der Waals surface area contributed by atoms with Crippen molar-refractivity contribution in [2.24, 2.45) is 0 Å². The molecule has 1 aliphatic carbocycles. The maximum atomic E-state index is 13.7. The molecular weight excluding hydrogens is 544 g/mol. The van der Waals surface area contributed by atoms with E-state index in [-0.39, 0.29) is 30.2 Å². The lowest BCUT2D eigenvalue weighted by molar-refractivity contribution is -0.141. The Morgan fingerprint density at radius 3 is 2.14 bits per heavy atom. The number of carbonyl (C=O) groups excluding carboxylic acids is 4. The van der Waals surface area contributed by atoms with Crippen LogP contribution in [0.25, 0.3) is 11.1 Å². The van der Waals surface area contributed by atoms with Crippen molar-refractivity contribution in [2.45, 2.75) is 82.7 Å². The summed E-state index contributed by atoms with van der Waals surface area (Å²) in [5.41, 5.74) is 4.63. The molecule has 2 aromatic carbocycles. The molecule has 2 aliphatic heterocycles. The molecule has 0 saturated carbocycles. The van der Waals surface area contributed by atoms with Crippen LogP contribution in [0.15, 0.2) is 48.5 Å². The second kappa shape index (κ2) is 14.5. The lowest BCUT2D eigenvalue weighted by Gasteiger charge is -2.30. The van der Waals surface area contributed by atoms with E-state index < -0.39 is 18.2 Å². The predicted molar refractivity (Wildman–Crippen MR) is 164 cm³/mol. The zero-order chi connectivity index (χ0) is 30.2. The van der Waals surface area contributed by atoms with Gasteiger partial charge in [0.15, 0.2) is 0 Å². The van der Waals surface area contributed by atoms with Crippen LogP contribution in [0, 0.1) is 0 Å². The van der Waals surface area contributed by atoms with Crippen molar-refractivity contribution >= 4 is 23.8 Å². The monoisotopic (exact) mass is 588 g/mol. The third-order valence-corrected chi connectivity index (χ3v) is 8.90. The van der Waals surface area contributed by atoms with Crippen LogP contribution in [-0.2, 0) is 19.1 Å². The van der Waals surface area contributed by atoms with Crippen LogP contribution in [0.2, 0.25) is 0 Å². The summed E-state index contributed by atoms with van der Waals surface area (Å²) in [7, 11) is 0. The minimum absolute atomic E-state index is 0.0435. The lowest BCUT2D eigenvalue weighted by Crippen LogP contribution is -2.53. The fourth-order valence-electron chi connectivity index (χ4n) is 6.68. The van der Waals surface area contributed by atoms with Crippen molar-refractivity contribution in [2.75, 3.05) is 32.8 Å². The lowest BCUT2D eigenvalue weighted by atomic mass is 9.98. The Labute approximate surface area is 254 Å². The zero-order valence-corrected chi connectivity index (χ0v) is 25.2. The van der Waals surface area contributed by atoms with Crippen LogP contribution in [0.1, 0.15) is 81.8 Å². The van der Waals surface area contributed by atoms with Crippen molar-refractivity contribution < 1.29 is 23.9 Å². The molecule has 43 heavy (non-hydrogen) atoms. The number of hydrogen-bond donors (Lipinski definition) is 2. The number of nitrogens with one attached hydrogen (secondary N) is 2. The third kappa shape index (κ3) is 7.03. The molecule has 0 spiro atoms. The van der Waals surface area contributed by atoms with Gasteiger partial charge in [-0.15, -0.1) is 0 Å². The Kier molecular flexibility index (Phi) is 10.3. The van der Waals surface area contributed by atoms with E-state index in [9.17, 15) is 19.2 Å². The molecule has 4 amide bonds. The predicted octanol–water partition coefficient (Wildman–Crippen LogP) is 4.59. The molecule has 9 heteroatoms. The number of fused-ring (bicyclic) bond motifs is 3. The van der Waals surface area contributed by atoms with Gasteiger partial charge in [-0.1, -0.05) is 61.9 Å². The molecule has 2 aromatic rings. The van der Waals surface area contributed by atoms with Crippen molar-refractivity contribution in [3.05, 3.63) is 59.7 Å². The minimum atomic E-state index is -0.608. The van der Waals surface area contributed by atoms with E-state index in [1.165, 1.54) is 11.1 Å². The van der Waals surface area contributed by atoms with E-state index >= 15 is 0 Å². The second-order valence-corrected chi connectivity index (χ2v) is 11.8. The van der Waals surface area contributed by atoms with Gasteiger partial charge in [0, 0.05) is 38.5 Å². The summed E-state index contributed by atoms with van der Waals surface area (Å²) in [6, 6.07) is 15.3. The standard InChI is InChI=1S/C34H44N4O5/c1-2-19-35-31(39)18-4-3-9-20-36-32(40)29-16-10-21-37(29)33(41)30-17-11-22-38(30)34(42)43-23-28-26-14-7-5-12-24(26)25-13-6-8-15-27(25)28/h5-8,12-15,28-30H,2-4,9-11,16-23H2,1H3,(H,35,39)(H,36,40)/t29-,30-/m0/s1. The topological polar surface area (TPSA) is 108 Å². The SMILES string of the molecule is CCCNC(=O)CCCCCNC(=O)[C@@H]1CCCN1C(=O)[C@@H]1CCCN1C(=O)OCC1c2ccccc2-c2ccccc21. The minimum Gasteiger partial charge on any atom is -0.448 e. The van der Waals surface area contributed by atoms with Crippen LogP contribution in [0.4, 0.5) is 4.79 Å². The van der Waals surface area contributed by atoms with Gasteiger partial charge in [-0.25, -0.2) is 4.79 Å². The van der Waals surface area contributed by atoms with Crippen molar-refractivity contribution in [1.29, 1.82) is 0 Å². The molecule has 2 atom stereocenters. The maximum absolute atomic E-state index is 13.7. The van der Waals surface area contributed by atoms with E-state index in [1.54, 1.807) is 9.80 Å². The molecule has 3 aliphatic rings. The van der Waals surface area contributed by atoms with E-state index in [0.717, 1.165) is 49.7 Å². The van der Waals surface area contributed by atoms with Crippen molar-refractivity contribution in [3.63, 3.8) is 0 Å². The van der Waals surface area contributed by atoms with Crippen LogP contribution in [0.3, 0.4) is 0 Å². The highest BCUT2D eigenvalue weighted by molar-refractivity contribution is 5.92. The summed E-state index contributed by atoms with van der Waals surface area (Å²) in [4.78, 5) is 55.0. The number of carbonyl (C=O) groups is 4. The average Bonchev–Trinajstić information content (AvgIpc) is 3.78. The van der Waals surface area contributed by atoms with E-state index in [2.05, 4.69) is 34.9 Å². The smallest absolute Gasteiger partial charge is 0.410 e. The third-order valence-electron chi connectivity index (χ3n) is 8.90. The molecule has 0 aromatic heterocycles. The summed E-state index contributed by atoms with van der Waals surface area (Å²) < 4.78 is 5.87. The first-order valence-electron chi connectivity index (χ1n) is 16.0. The van der Waals surface area contributed by atoms with Gasteiger partial charge < -0.3 is 20.3 Å². The summed E-state index contributed by atoms with van der Waals surface area (Å²) in [5, 5.41) is 5.86. The van der Waals surface area contributed by atoms with Crippen LogP contribution >= 0.6 is 0 Å². The van der Waals surface area contributed by atoms with Crippen LogP contribution in [-0.4, -0.2) is 78.5 Å². The number of nitrogens with zero attached hydrogens (tertiary/aromatic N) is 2. The highest BCUT2D eigenvalue weighted by Crippen LogP contribution is 2.44. The van der Waals surface area contributed by atoms with Gasteiger partial charge >= 0.3 is 6.09 Å². The second-order valence-electron chi connectivity index (χ2n) is 11.8. The molecule has 2 saturated heterocycles. The summed E-state index contributed by atoms with van der Waals surface area (Å²) in [6.45, 7) is 4.44. The molecule has 9 nitrogen and oxygen atoms in total. The molecule has 2 N–H and O–H groups in total.